The maximum atomic E-state index is 12.4. The molecule has 0 aliphatic carbocycles. The molecule has 2 heterocycles. The number of hydrogen-bond acceptors (Lipinski definition) is 4. The van der Waals surface area contributed by atoms with Crippen molar-refractivity contribution in [2.24, 2.45) is 0 Å². The van der Waals surface area contributed by atoms with Crippen molar-refractivity contribution in [1.29, 1.82) is 0 Å². The van der Waals surface area contributed by atoms with Crippen molar-refractivity contribution in [2.75, 3.05) is 0 Å². The van der Waals surface area contributed by atoms with Crippen molar-refractivity contribution >= 4 is 16.9 Å². The molecule has 22 heavy (non-hydrogen) atoms. The number of terminal acetylenes is 1. The van der Waals surface area contributed by atoms with Crippen LogP contribution in [0.2, 0.25) is 0 Å². The molecule has 108 valence electrons. The maximum absolute atomic E-state index is 12.4. The number of pyridine rings is 1. The summed E-state index contributed by atoms with van der Waals surface area (Å²) in [4.78, 5) is 16.7. The highest BCUT2D eigenvalue weighted by atomic mass is 16.5. The number of ether oxygens (including phenoxy) is 1. The molecule has 1 aromatic carbocycles. The Labute approximate surface area is 127 Å². The quantitative estimate of drug-likeness (QED) is 0.593. The molecule has 0 aliphatic rings. The predicted octanol–water partition coefficient (Wildman–Crippen LogP) is 2.88. The van der Waals surface area contributed by atoms with Crippen LogP contribution in [-0.4, -0.2) is 21.2 Å². The van der Waals surface area contributed by atoms with Gasteiger partial charge in [0.25, 0.3) is 0 Å². The van der Waals surface area contributed by atoms with Crippen molar-refractivity contribution < 1.29 is 9.53 Å². The maximum Gasteiger partial charge on any atom is 0.341 e. The van der Waals surface area contributed by atoms with E-state index in [2.05, 4.69) is 21.1 Å². The summed E-state index contributed by atoms with van der Waals surface area (Å²) in [6.45, 7) is 0. The van der Waals surface area contributed by atoms with Gasteiger partial charge in [0.05, 0.1) is 29.4 Å². The van der Waals surface area contributed by atoms with Gasteiger partial charge in [0.1, 0.15) is 0 Å². The molecule has 1 atom stereocenters. The van der Waals surface area contributed by atoms with Gasteiger partial charge in [-0.3, -0.25) is 10.1 Å². The number of esters is 1. The second kappa shape index (κ2) is 6.10. The number of aromatic nitrogens is 3. The lowest BCUT2D eigenvalue weighted by molar-refractivity contribution is 0.0301. The molecule has 0 radical (unpaired) electrons. The number of H-pyrrole nitrogens is 1. The zero-order chi connectivity index (χ0) is 15.4. The lowest BCUT2D eigenvalue weighted by Gasteiger charge is -2.15. The summed E-state index contributed by atoms with van der Waals surface area (Å²) in [5.41, 5.74) is 1.70. The first-order valence-corrected chi connectivity index (χ1v) is 6.77. The van der Waals surface area contributed by atoms with Crippen LogP contribution in [-0.2, 0) is 4.74 Å². The Morgan fingerprint density at radius 1 is 1.32 bits per heavy atom. The molecule has 0 saturated heterocycles. The normalized spacial score (nSPS) is 11.8. The van der Waals surface area contributed by atoms with E-state index < -0.39 is 12.1 Å². The fraction of sp³-hybridized carbons (Fsp3) is 0.118. The molecule has 0 aliphatic heterocycles. The van der Waals surface area contributed by atoms with E-state index >= 15 is 0 Å². The number of para-hydroxylation sites is 1. The van der Waals surface area contributed by atoms with E-state index in [4.69, 9.17) is 11.2 Å². The average molecular weight is 291 g/mol. The second-order valence-electron chi connectivity index (χ2n) is 4.70. The van der Waals surface area contributed by atoms with E-state index in [0.29, 0.717) is 16.8 Å². The number of aromatic amines is 1. The summed E-state index contributed by atoms with van der Waals surface area (Å²) in [5.74, 6) is 2.06. The zero-order valence-electron chi connectivity index (χ0n) is 11.7. The van der Waals surface area contributed by atoms with Crippen LogP contribution in [0.15, 0.2) is 48.8 Å². The first kappa shape index (κ1) is 13.8. The van der Waals surface area contributed by atoms with Gasteiger partial charge in [-0.15, -0.1) is 12.3 Å². The van der Waals surface area contributed by atoms with Gasteiger partial charge < -0.3 is 4.74 Å². The van der Waals surface area contributed by atoms with Gasteiger partial charge in [0.2, 0.25) is 0 Å². The molecule has 2 aromatic heterocycles. The number of nitrogens with zero attached hydrogens (tertiary/aromatic N) is 2. The highest BCUT2D eigenvalue weighted by Gasteiger charge is 2.20. The van der Waals surface area contributed by atoms with Crippen molar-refractivity contribution in [3.8, 4) is 12.3 Å². The van der Waals surface area contributed by atoms with E-state index in [0.717, 1.165) is 5.39 Å². The standard InChI is InChI=1S/C17H13N3O2/c1-2-6-15(14-9-3-4-10-18-14)22-17(21)13-8-5-7-12-11-19-20-16(12)13/h1,3-5,7-11,15H,6H2,(H,19,20). The molecular weight excluding hydrogens is 278 g/mol. The summed E-state index contributed by atoms with van der Waals surface area (Å²) in [6, 6.07) is 10.7. The van der Waals surface area contributed by atoms with Crippen LogP contribution in [0.25, 0.3) is 10.9 Å². The molecule has 0 fully saturated rings. The molecule has 3 rings (SSSR count). The first-order chi connectivity index (χ1) is 10.8. The third kappa shape index (κ3) is 2.67. The lowest BCUT2D eigenvalue weighted by atomic mass is 10.1. The van der Waals surface area contributed by atoms with Crippen LogP contribution in [0.5, 0.6) is 0 Å². The zero-order valence-corrected chi connectivity index (χ0v) is 11.7. The largest absolute Gasteiger partial charge is 0.451 e. The summed E-state index contributed by atoms with van der Waals surface area (Å²) < 4.78 is 5.55. The van der Waals surface area contributed by atoms with E-state index in [-0.39, 0.29) is 6.42 Å². The Bertz CT molecular complexity index is 834. The van der Waals surface area contributed by atoms with Gasteiger partial charge in [-0.25, -0.2) is 4.79 Å². The predicted molar refractivity (Wildman–Crippen MR) is 81.9 cm³/mol. The van der Waals surface area contributed by atoms with E-state index in [9.17, 15) is 4.79 Å². The minimum absolute atomic E-state index is 0.266. The van der Waals surface area contributed by atoms with E-state index in [1.54, 1.807) is 36.7 Å². The van der Waals surface area contributed by atoms with Gasteiger partial charge in [0, 0.05) is 11.6 Å². The molecule has 0 spiro atoms. The van der Waals surface area contributed by atoms with Gasteiger partial charge >= 0.3 is 5.97 Å². The van der Waals surface area contributed by atoms with Crippen LogP contribution >= 0.6 is 0 Å². The first-order valence-electron chi connectivity index (χ1n) is 6.77. The van der Waals surface area contributed by atoms with Gasteiger partial charge in [0.15, 0.2) is 6.10 Å². The number of carbonyl (C=O) groups excluding carboxylic acids is 1. The summed E-state index contributed by atoms with van der Waals surface area (Å²) in [5, 5.41) is 7.60. The lowest BCUT2D eigenvalue weighted by Crippen LogP contribution is -2.13. The number of hydrogen-bond donors (Lipinski definition) is 1. The van der Waals surface area contributed by atoms with Gasteiger partial charge in [-0.2, -0.15) is 5.10 Å². The topological polar surface area (TPSA) is 67.9 Å². The Hall–Kier alpha value is -3.13. The van der Waals surface area contributed by atoms with Crippen LogP contribution in [0.3, 0.4) is 0 Å². The van der Waals surface area contributed by atoms with E-state index in [1.807, 2.05) is 12.1 Å². The SMILES string of the molecule is C#CCC(OC(=O)c1cccc2cn[nH]c12)c1ccccn1. The van der Waals surface area contributed by atoms with Gasteiger partial charge in [-0.05, 0) is 18.2 Å². The number of nitrogens with one attached hydrogen (secondary N) is 1. The average Bonchev–Trinajstić information content (AvgIpc) is 3.03. The monoisotopic (exact) mass is 291 g/mol. The van der Waals surface area contributed by atoms with Crippen LogP contribution in [0.1, 0.15) is 28.6 Å². The third-order valence-corrected chi connectivity index (χ3v) is 3.27. The fourth-order valence-corrected chi connectivity index (χ4v) is 2.21. The third-order valence-electron chi connectivity index (χ3n) is 3.27. The van der Waals surface area contributed by atoms with Crippen molar-refractivity contribution in [3.63, 3.8) is 0 Å². The number of carbonyl (C=O) groups is 1. The number of benzene rings is 1. The van der Waals surface area contributed by atoms with Crippen molar-refractivity contribution in [2.45, 2.75) is 12.5 Å². The Morgan fingerprint density at radius 3 is 3.00 bits per heavy atom. The molecule has 1 N–H and O–H groups in total. The Kier molecular flexibility index (Phi) is 3.84. The summed E-state index contributed by atoms with van der Waals surface area (Å²) in [7, 11) is 0. The molecule has 3 aromatic rings. The number of rotatable bonds is 4. The minimum Gasteiger partial charge on any atom is -0.451 e. The molecule has 0 amide bonds. The Balaban J connectivity index is 1.89. The van der Waals surface area contributed by atoms with Crippen LogP contribution in [0.4, 0.5) is 0 Å². The second-order valence-corrected chi connectivity index (χ2v) is 4.70. The molecule has 0 saturated carbocycles. The molecule has 1 unspecified atom stereocenters. The van der Waals surface area contributed by atoms with Crippen molar-refractivity contribution in [3.05, 3.63) is 60.0 Å². The minimum atomic E-state index is -0.572. The Morgan fingerprint density at radius 2 is 2.23 bits per heavy atom. The van der Waals surface area contributed by atoms with Crippen LogP contribution in [0, 0.1) is 12.3 Å². The van der Waals surface area contributed by atoms with Crippen molar-refractivity contribution in [1.82, 2.24) is 15.2 Å². The van der Waals surface area contributed by atoms with Gasteiger partial charge in [-0.1, -0.05) is 18.2 Å². The highest BCUT2D eigenvalue weighted by molar-refractivity contribution is 6.02. The van der Waals surface area contributed by atoms with Crippen LogP contribution < -0.4 is 0 Å². The summed E-state index contributed by atoms with van der Waals surface area (Å²) >= 11 is 0. The van der Waals surface area contributed by atoms with E-state index in [1.165, 1.54) is 0 Å². The smallest absolute Gasteiger partial charge is 0.341 e. The molecule has 5 heteroatoms. The molecular formula is C17H13N3O2. The highest BCUT2D eigenvalue weighted by Crippen LogP contribution is 2.23. The fourth-order valence-electron chi connectivity index (χ4n) is 2.21. The molecule has 0 bridgehead atoms. The summed E-state index contributed by atoms with van der Waals surface area (Å²) in [6.07, 6.45) is 8.36. The number of fused-ring (bicyclic) bond motifs is 1. The molecule has 5 nitrogen and oxygen atoms in total.